The molecular weight excluding hydrogens is 350 g/mol. The van der Waals surface area contributed by atoms with Gasteiger partial charge in [0.15, 0.2) is 5.78 Å². The molecule has 142 valence electrons. The summed E-state index contributed by atoms with van der Waals surface area (Å²) in [5.74, 6) is 2.50. The number of ether oxygens (including phenoxy) is 1. The second-order valence-corrected chi connectivity index (χ2v) is 7.69. The number of nitrogens with zero attached hydrogens (tertiary/aromatic N) is 2. The van der Waals surface area contributed by atoms with Gasteiger partial charge in [0.25, 0.3) is 0 Å². The Kier molecular flexibility index (Phi) is 3.97. The summed E-state index contributed by atoms with van der Waals surface area (Å²) in [6.45, 7) is 1.95. The van der Waals surface area contributed by atoms with Crippen LogP contribution in [0, 0.1) is 18.8 Å². The maximum atomic E-state index is 13.0. The van der Waals surface area contributed by atoms with E-state index in [-0.39, 0.29) is 11.9 Å². The van der Waals surface area contributed by atoms with E-state index in [9.17, 15) is 4.79 Å². The summed E-state index contributed by atoms with van der Waals surface area (Å²) < 4.78 is 5.40. The summed E-state index contributed by atoms with van der Waals surface area (Å²) in [5, 5.41) is 3.66. The minimum Gasteiger partial charge on any atom is -0.481 e. The van der Waals surface area contributed by atoms with Gasteiger partial charge in [-0.25, -0.2) is 0 Å². The number of carbonyl (C=O) groups excluding carboxylic acids is 1. The zero-order chi connectivity index (χ0) is 19.3. The summed E-state index contributed by atoms with van der Waals surface area (Å²) >= 11 is 0. The molecule has 3 aliphatic rings. The molecule has 1 aliphatic heterocycles. The monoisotopic (exact) mass is 373 g/mol. The normalized spacial score (nSPS) is 24.9. The highest BCUT2D eigenvalue weighted by atomic mass is 16.5. The number of anilines is 2. The molecule has 2 aliphatic carbocycles. The molecule has 0 amide bonds. The third-order valence-corrected chi connectivity index (χ3v) is 5.82. The number of hydrogen-bond donors (Lipinski definition) is 1. The molecule has 5 nitrogen and oxygen atoms in total. The van der Waals surface area contributed by atoms with Crippen molar-refractivity contribution in [1.82, 2.24) is 10.3 Å². The Bertz CT molecular complexity index is 996. The molecule has 2 heterocycles. The topological polar surface area (TPSA) is 54.5 Å². The van der Waals surface area contributed by atoms with Crippen molar-refractivity contribution in [3.8, 4) is 5.88 Å². The lowest BCUT2D eigenvalue weighted by Crippen LogP contribution is -2.48. The number of aryl methyl sites for hydroxylation is 1. The zero-order valence-corrected chi connectivity index (χ0v) is 16.1. The van der Waals surface area contributed by atoms with E-state index in [1.807, 2.05) is 31.2 Å². The van der Waals surface area contributed by atoms with Gasteiger partial charge in [-0.3, -0.25) is 4.79 Å². The first-order chi connectivity index (χ1) is 13.7. The van der Waals surface area contributed by atoms with E-state index in [0.717, 1.165) is 11.3 Å². The molecular formula is C23H23N3O2. The first-order valence-corrected chi connectivity index (χ1v) is 9.73. The number of nitrogens with one attached hydrogen (secondary N) is 1. The standard InChI is InChI=1S/C23H23N3O2/c1-14-11-21(28-2)25-23-22(14)19(27)13-20(26(23)16-8-4-3-5-9-16)24-18-10-6-7-15-12-17(15)18/h3-11,15,17,20,24H,12-13H2,1-2H3. The maximum Gasteiger partial charge on any atom is 0.215 e. The third kappa shape index (κ3) is 2.78. The van der Waals surface area contributed by atoms with Crippen molar-refractivity contribution < 1.29 is 9.53 Å². The van der Waals surface area contributed by atoms with Crippen molar-refractivity contribution in [2.45, 2.75) is 25.9 Å². The van der Waals surface area contributed by atoms with E-state index in [2.05, 4.69) is 45.6 Å². The van der Waals surface area contributed by atoms with Gasteiger partial charge < -0.3 is 15.0 Å². The number of aromatic nitrogens is 1. The maximum absolute atomic E-state index is 13.0. The fourth-order valence-electron chi connectivity index (χ4n) is 4.33. The Balaban J connectivity index is 1.61. The SMILES string of the molecule is COc1cc(C)c2c(n1)N(c1ccccc1)C(NC1=CC=CC3CC13)CC2=O. The molecule has 1 aromatic carbocycles. The number of fused-ring (bicyclic) bond motifs is 2. The Labute approximate surface area is 164 Å². The Morgan fingerprint density at radius 3 is 2.86 bits per heavy atom. The van der Waals surface area contributed by atoms with Crippen molar-refractivity contribution >= 4 is 17.3 Å². The molecule has 5 heteroatoms. The summed E-state index contributed by atoms with van der Waals surface area (Å²) in [6.07, 6.45) is 7.93. The number of hydrogen-bond acceptors (Lipinski definition) is 5. The van der Waals surface area contributed by atoms with Crippen LogP contribution in [-0.2, 0) is 0 Å². The van der Waals surface area contributed by atoms with Crippen LogP contribution in [0.1, 0.15) is 28.8 Å². The Morgan fingerprint density at radius 2 is 2.07 bits per heavy atom. The van der Waals surface area contributed by atoms with Crippen LogP contribution in [-0.4, -0.2) is 24.0 Å². The number of methoxy groups -OCH3 is 1. The quantitative estimate of drug-likeness (QED) is 0.873. The van der Waals surface area contributed by atoms with Crippen molar-refractivity contribution in [1.29, 1.82) is 0 Å². The second-order valence-electron chi connectivity index (χ2n) is 7.69. The molecule has 5 rings (SSSR count). The number of Topliss-reactive ketones (excluding diaryl/α,β-unsaturated/α-hetero) is 1. The highest BCUT2D eigenvalue weighted by Gasteiger charge is 2.42. The van der Waals surface area contributed by atoms with Crippen LogP contribution >= 0.6 is 0 Å². The molecule has 3 atom stereocenters. The Morgan fingerprint density at radius 1 is 1.25 bits per heavy atom. The van der Waals surface area contributed by atoms with Crippen molar-refractivity contribution in [2.75, 3.05) is 12.0 Å². The van der Waals surface area contributed by atoms with Gasteiger partial charge in [0.1, 0.15) is 12.0 Å². The lowest BCUT2D eigenvalue weighted by molar-refractivity contribution is 0.0963. The minimum absolute atomic E-state index is 0.117. The highest BCUT2D eigenvalue weighted by Crippen LogP contribution is 2.47. The molecule has 28 heavy (non-hydrogen) atoms. The van der Waals surface area contributed by atoms with E-state index in [4.69, 9.17) is 4.74 Å². The molecule has 0 radical (unpaired) electrons. The van der Waals surface area contributed by atoms with Crippen molar-refractivity contribution in [3.05, 3.63) is 71.5 Å². The van der Waals surface area contributed by atoms with Crippen LogP contribution in [0.2, 0.25) is 0 Å². The van der Waals surface area contributed by atoms with E-state index in [1.54, 1.807) is 7.11 Å². The summed E-state index contributed by atoms with van der Waals surface area (Å²) in [5.41, 5.74) is 3.81. The number of pyridine rings is 1. The minimum atomic E-state index is -0.180. The molecule has 2 aromatic rings. The van der Waals surface area contributed by atoms with Gasteiger partial charge in [0, 0.05) is 23.4 Å². The molecule has 1 N–H and O–H groups in total. The largest absolute Gasteiger partial charge is 0.481 e. The van der Waals surface area contributed by atoms with Crippen LogP contribution in [0.5, 0.6) is 5.88 Å². The zero-order valence-electron chi connectivity index (χ0n) is 16.1. The average Bonchev–Trinajstić information content (AvgIpc) is 3.49. The van der Waals surface area contributed by atoms with Gasteiger partial charge in [-0.1, -0.05) is 30.4 Å². The third-order valence-electron chi connectivity index (χ3n) is 5.82. The van der Waals surface area contributed by atoms with Crippen LogP contribution in [0.25, 0.3) is 0 Å². The molecule has 3 unspecified atom stereocenters. The molecule has 0 spiro atoms. The Hall–Kier alpha value is -3.08. The smallest absolute Gasteiger partial charge is 0.215 e. The van der Waals surface area contributed by atoms with Crippen molar-refractivity contribution in [2.24, 2.45) is 11.8 Å². The van der Waals surface area contributed by atoms with Crippen LogP contribution in [0.4, 0.5) is 11.5 Å². The molecule has 0 bridgehead atoms. The molecule has 1 saturated carbocycles. The lowest BCUT2D eigenvalue weighted by atomic mass is 9.96. The van der Waals surface area contributed by atoms with E-state index in [1.165, 1.54) is 12.1 Å². The lowest BCUT2D eigenvalue weighted by Gasteiger charge is -2.39. The number of allylic oxidation sites excluding steroid dienone is 4. The number of ketones is 1. The van der Waals surface area contributed by atoms with Gasteiger partial charge >= 0.3 is 0 Å². The molecule has 0 saturated heterocycles. The van der Waals surface area contributed by atoms with Crippen LogP contribution in [0.3, 0.4) is 0 Å². The first kappa shape index (κ1) is 17.0. The molecule has 1 aromatic heterocycles. The van der Waals surface area contributed by atoms with E-state index < -0.39 is 0 Å². The number of carbonyl (C=O) groups is 1. The van der Waals surface area contributed by atoms with Crippen LogP contribution < -0.4 is 15.0 Å². The average molecular weight is 373 g/mol. The van der Waals surface area contributed by atoms with E-state index >= 15 is 0 Å². The van der Waals surface area contributed by atoms with Gasteiger partial charge in [0.05, 0.1) is 19.1 Å². The van der Waals surface area contributed by atoms with E-state index in [0.29, 0.717) is 35.5 Å². The van der Waals surface area contributed by atoms with Gasteiger partial charge in [0.2, 0.25) is 5.88 Å². The van der Waals surface area contributed by atoms with Gasteiger partial charge in [-0.2, -0.15) is 4.98 Å². The number of para-hydroxylation sites is 1. The summed E-state index contributed by atoms with van der Waals surface area (Å²) in [7, 11) is 1.60. The van der Waals surface area contributed by atoms with Crippen LogP contribution in [0.15, 0.2) is 60.3 Å². The predicted octanol–water partition coefficient (Wildman–Crippen LogP) is 4.13. The number of benzene rings is 1. The van der Waals surface area contributed by atoms with Gasteiger partial charge in [-0.05, 0) is 43.0 Å². The fourth-order valence-corrected chi connectivity index (χ4v) is 4.33. The predicted molar refractivity (Wildman–Crippen MR) is 109 cm³/mol. The summed E-state index contributed by atoms with van der Waals surface area (Å²) in [6, 6.07) is 12.0. The van der Waals surface area contributed by atoms with Crippen molar-refractivity contribution in [3.63, 3.8) is 0 Å². The van der Waals surface area contributed by atoms with Gasteiger partial charge in [-0.15, -0.1) is 0 Å². The highest BCUT2D eigenvalue weighted by molar-refractivity contribution is 6.05. The first-order valence-electron chi connectivity index (χ1n) is 9.73. The number of rotatable bonds is 4. The second kappa shape index (κ2) is 6.51. The fraction of sp³-hybridized carbons (Fsp3) is 0.304. The summed E-state index contributed by atoms with van der Waals surface area (Å²) in [4.78, 5) is 19.9. The molecule has 1 fully saturated rings.